The van der Waals surface area contributed by atoms with Gasteiger partial charge in [0.2, 0.25) is 0 Å². The van der Waals surface area contributed by atoms with Gasteiger partial charge in [-0.15, -0.1) is 4.73 Å². The van der Waals surface area contributed by atoms with Crippen molar-refractivity contribution in [3.63, 3.8) is 0 Å². The van der Waals surface area contributed by atoms with Gasteiger partial charge in [0.25, 0.3) is 5.69 Å². The number of rotatable bonds is 4. The number of hydrogen-bond acceptors (Lipinski definition) is 6. The van der Waals surface area contributed by atoms with Crippen LogP contribution in [0, 0.1) is 10.1 Å². The topological polar surface area (TPSA) is 125 Å². The number of nitro groups is 1. The minimum Gasteiger partial charge on any atom is -0.410 e. The molecule has 0 aliphatic rings. The fourth-order valence-corrected chi connectivity index (χ4v) is 2.22. The van der Waals surface area contributed by atoms with Gasteiger partial charge in [-0.1, -0.05) is 0 Å². The first-order valence-corrected chi connectivity index (χ1v) is 6.62. The van der Waals surface area contributed by atoms with Crippen molar-refractivity contribution in [1.82, 2.24) is 19.3 Å². The minimum absolute atomic E-state index is 0.124. The molecule has 10 nitrogen and oxygen atoms in total. The van der Waals surface area contributed by atoms with Crippen molar-refractivity contribution in [3.05, 3.63) is 61.7 Å². The first kappa shape index (κ1) is 14.5. The molecule has 23 heavy (non-hydrogen) atoms. The summed E-state index contributed by atoms with van der Waals surface area (Å²) in [5.41, 5.74) is -1.53. The molecular formula is C13H11N5O5. The summed E-state index contributed by atoms with van der Waals surface area (Å²) in [4.78, 5) is 45.7. The predicted octanol–water partition coefficient (Wildman–Crippen LogP) is 0.232. The van der Waals surface area contributed by atoms with Crippen LogP contribution in [-0.2, 0) is 0 Å². The van der Waals surface area contributed by atoms with Gasteiger partial charge in [-0.3, -0.25) is 19.7 Å². The molecule has 2 aromatic heterocycles. The smallest absolute Gasteiger partial charge is 0.349 e. The molecule has 1 aromatic carbocycles. The standard InChI is InChI=1S/C13H11N5O5/c1-2-23-17-9-6-10(16-4-3-14-7-16)11(18(21)22)5-8(9)15-12(19)13(17)20/h3-7H,2H2,1H3,(H,15,19). The largest absolute Gasteiger partial charge is 0.410 e. The number of aromatic amines is 1. The summed E-state index contributed by atoms with van der Waals surface area (Å²) in [5, 5.41) is 11.3. The van der Waals surface area contributed by atoms with Crippen LogP contribution in [0.15, 0.2) is 40.4 Å². The normalized spacial score (nSPS) is 10.8. The van der Waals surface area contributed by atoms with Crippen LogP contribution >= 0.6 is 0 Å². The van der Waals surface area contributed by atoms with Crippen LogP contribution in [0.5, 0.6) is 0 Å². The Morgan fingerprint density at radius 1 is 1.39 bits per heavy atom. The van der Waals surface area contributed by atoms with Crippen molar-refractivity contribution in [2.45, 2.75) is 6.92 Å². The van der Waals surface area contributed by atoms with Crippen molar-refractivity contribution in [1.29, 1.82) is 0 Å². The lowest BCUT2D eigenvalue weighted by Gasteiger charge is -2.11. The van der Waals surface area contributed by atoms with E-state index in [1.165, 1.54) is 35.4 Å². The number of nitro benzene ring substituents is 1. The molecule has 10 heteroatoms. The summed E-state index contributed by atoms with van der Waals surface area (Å²) in [6, 6.07) is 2.57. The Bertz CT molecular complexity index is 1000. The van der Waals surface area contributed by atoms with Crippen molar-refractivity contribution >= 4 is 16.7 Å². The average Bonchev–Trinajstić information content (AvgIpc) is 3.05. The van der Waals surface area contributed by atoms with Crippen LogP contribution in [-0.4, -0.2) is 30.8 Å². The third-order valence-electron chi connectivity index (χ3n) is 3.18. The van der Waals surface area contributed by atoms with E-state index in [4.69, 9.17) is 4.84 Å². The highest BCUT2D eigenvalue weighted by Gasteiger charge is 2.20. The van der Waals surface area contributed by atoms with Crippen molar-refractivity contribution in [2.75, 3.05) is 6.61 Å². The molecule has 1 N–H and O–H groups in total. The second-order valence-electron chi connectivity index (χ2n) is 4.56. The zero-order valence-electron chi connectivity index (χ0n) is 11.9. The van der Waals surface area contributed by atoms with Crippen LogP contribution in [0.4, 0.5) is 5.69 Å². The Hall–Kier alpha value is -3.43. The number of nitrogens with zero attached hydrogens (tertiary/aromatic N) is 4. The van der Waals surface area contributed by atoms with E-state index in [1.54, 1.807) is 6.92 Å². The quantitative estimate of drug-likeness (QED) is 0.417. The van der Waals surface area contributed by atoms with E-state index in [-0.39, 0.29) is 29.0 Å². The molecule has 0 unspecified atom stereocenters. The third-order valence-corrected chi connectivity index (χ3v) is 3.18. The Morgan fingerprint density at radius 3 is 2.78 bits per heavy atom. The number of benzene rings is 1. The summed E-state index contributed by atoms with van der Waals surface area (Å²) in [6.45, 7) is 1.80. The highest BCUT2D eigenvalue weighted by molar-refractivity contribution is 5.81. The van der Waals surface area contributed by atoms with Crippen LogP contribution in [0.25, 0.3) is 16.7 Å². The molecule has 0 saturated heterocycles. The van der Waals surface area contributed by atoms with Gasteiger partial charge < -0.3 is 14.4 Å². The number of fused-ring (bicyclic) bond motifs is 1. The maximum absolute atomic E-state index is 11.9. The zero-order valence-corrected chi connectivity index (χ0v) is 11.9. The van der Waals surface area contributed by atoms with Gasteiger partial charge in [0.1, 0.15) is 17.8 Å². The monoisotopic (exact) mass is 317 g/mol. The Kier molecular flexibility index (Phi) is 3.41. The lowest BCUT2D eigenvalue weighted by Crippen LogP contribution is -2.39. The van der Waals surface area contributed by atoms with Crippen molar-refractivity contribution in [3.8, 4) is 5.69 Å². The molecule has 0 aliphatic heterocycles. The van der Waals surface area contributed by atoms with E-state index in [1.807, 2.05) is 0 Å². The van der Waals surface area contributed by atoms with Crippen LogP contribution in [0.3, 0.4) is 0 Å². The molecule has 0 bridgehead atoms. The Morgan fingerprint density at radius 2 is 2.17 bits per heavy atom. The molecule has 0 spiro atoms. The van der Waals surface area contributed by atoms with Gasteiger partial charge in [-0.05, 0) is 13.0 Å². The van der Waals surface area contributed by atoms with Crippen LogP contribution in [0.2, 0.25) is 0 Å². The second kappa shape index (κ2) is 5.40. The van der Waals surface area contributed by atoms with Gasteiger partial charge in [0, 0.05) is 18.5 Å². The maximum atomic E-state index is 11.9. The highest BCUT2D eigenvalue weighted by atomic mass is 16.7. The van der Waals surface area contributed by atoms with E-state index < -0.39 is 16.0 Å². The van der Waals surface area contributed by atoms with Gasteiger partial charge in [0.15, 0.2) is 0 Å². The minimum atomic E-state index is -0.921. The molecule has 3 aromatic rings. The molecule has 0 amide bonds. The summed E-state index contributed by atoms with van der Waals surface area (Å²) < 4.78 is 2.27. The number of imidazole rings is 1. The van der Waals surface area contributed by atoms with E-state index >= 15 is 0 Å². The fourth-order valence-electron chi connectivity index (χ4n) is 2.22. The molecule has 118 valence electrons. The lowest BCUT2D eigenvalue weighted by molar-refractivity contribution is -0.384. The Balaban J connectivity index is 2.44. The van der Waals surface area contributed by atoms with E-state index in [0.29, 0.717) is 0 Å². The predicted molar refractivity (Wildman–Crippen MR) is 79.7 cm³/mol. The molecule has 0 saturated carbocycles. The van der Waals surface area contributed by atoms with E-state index in [9.17, 15) is 19.7 Å². The molecule has 2 heterocycles. The van der Waals surface area contributed by atoms with E-state index in [2.05, 4.69) is 9.97 Å². The molecule has 0 aliphatic carbocycles. The first-order chi connectivity index (χ1) is 11.0. The summed E-state index contributed by atoms with van der Waals surface area (Å²) >= 11 is 0. The summed E-state index contributed by atoms with van der Waals surface area (Å²) in [7, 11) is 0. The SMILES string of the molecule is CCOn1c(=O)c(=O)[nH]c2cc([N+](=O)[O-])c(-n3ccnc3)cc21. The fraction of sp³-hybridized carbons (Fsp3) is 0.154. The first-order valence-electron chi connectivity index (χ1n) is 6.62. The van der Waals surface area contributed by atoms with Crippen molar-refractivity contribution < 1.29 is 9.76 Å². The van der Waals surface area contributed by atoms with E-state index in [0.717, 1.165) is 4.73 Å². The molecule has 0 atom stereocenters. The molecule has 0 radical (unpaired) electrons. The summed E-state index contributed by atoms with van der Waals surface area (Å²) in [6.07, 6.45) is 4.39. The molecular weight excluding hydrogens is 306 g/mol. The van der Waals surface area contributed by atoms with Crippen molar-refractivity contribution in [2.24, 2.45) is 0 Å². The van der Waals surface area contributed by atoms with Gasteiger partial charge in [0.05, 0.1) is 16.8 Å². The number of hydrogen-bond donors (Lipinski definition) is 1. The second-order valence-corrected chi connectivity index (χ2v) is 4.56. The third kappa shape index (κ3) is 2.35. The molecule has 0 fully saturated rings. The van der Waals surface area contributed by atoms with Crippen LogP contribution in [0.1, 0.15) is 6.92 Å². The maximum Gasteiger partial charge on any atom is 0.349 e. The lowest BCUT2D eigenvalue weighted by atomic mass is 10.2. The van der Waals surface area contributed by atoms with Crippen LogP contribution < -0.4 is 16.0 Å². The summed E-state index contributed by atoms with van der Waals surface area (Å²) in [5.74, 6) is 0. The average molecular weight is 317 g/mol. The Labute approximate surface area is 127 Å². The van der Waals surface area contributed by atoms with Gasteiger partial charge >= 0.3 is 11.1 Å². The highest BCUT2D eigenvalue weighted by Crippen LogP contribution is 2.26. The van der Waals surface area contributed by atoms with Gasteiger partial charge in [-0.2, -0.15) is 0 Å². The molecule has 3 rings (SSSR count). The number of aromatic nitrogens is 4. The van der Waals surface area contributed by atoms with Gasteiger partial charge in [-0.25, -0.2) is 4.98 Å². The number of H-pyrrole nitrogens is 1. The number of nitrogens with one attached hydrogen (secondary N) is 1. The zero-order chi connectivity index (χ0) is 16.6.